The molecule has 1 aliphatic rings. The SMILES string of the molecule is CSCC[C@@H](CO)NC(=O)[C@@H](Cc1ccccc1)N1Cc2ccccc2C1=O. The maximum atomic E-state index is 13.1. The Hall–Kier alpha value is -2.31. The van der Waals surface area contributed by atoms with Gasteiger partial charge in [-0.3, -0.25) is 9.59 Å². The summed E-state index contributed by atoms with van der Waals surface area (Å²) < 4.78 is 0. The Bertz CT molecular complexity index is 812. The second-order valence-electron chi connectivity index (χ2n) is 6.97. The number of hydrogen-bond acceptors (Lipinski definition) is 4. The molecule has 1 heterocycles. The molecular formula is C22H26N2O3S. The van der Waals surface area contributed by atoms with Gasteiger partial charge in [-0.15, -0.1) is 0 Å². The van der Waals surface area contributed by atoms with Gasteiger partial charge in [0, 0.05) is 18.5 Å². The summed E-state index contributed by atoms with van der Waals surface area (Å²) in [6, 6.07) is 16.3. The molecule has 0 saturated carbocycles. The van der Waals surface area contributed by atoms with Crippen molar-refractivity contribution >= 4 is 23.6 Å². The number of fused-ring (bicyclic) bond motifs is 1. The molecule has 1 aliphatic heterocycles. The first-order valence-corrected chi connectivity index (χ1v) is 10.9. The molecule has 2 aromatic rings. The van der Waals surface area contributed by atoms with Gasteiger partial charge in [0.15, 0.2) is 0 Å². The highest BCUT2D eigenvalue weighted by Crippen LogP contribution is 2.26. The second kappa shape index (κ2) is 9.75. The molecule has 0 aliphatic carbocycles. The number of rotatable bonds is 9. The van der Waals surface area contributed by atoms with Gasteiger partial charge in [0.25, 0.3) is 5.91 Å². The Kier molecular flexibility index (Phi) is 7.12. The fourth-order valence-corrected chi connectivity index (χ4v) is 4.00. The Labute approximate surface area is 170 Å². The van der Waals surface area contributed by atoms with E-state index in [2.05, 4.69) is 5.32 Å². The Morgan fingerprint density at radius 1 is 1.18 bits per heavy atom. The van der Waals surface area contributed by atoms with E-state index in [1.807, 2.05) is 60.9 Å². The molecule has 5 nitrogen and oxygen atoms in total. The van der Waals surface area contributed by atoms with Crippen LogP contribution in [-0.4, -0.2) is 52.5 Å². The van der Waals surface area contributed by atoms with Crippen LogP contribution in [0.25, 0.3) is 0 Å². The van der Waals surface area contributed by atoms with Gasteiger partial charge in [-0.2, -0.15) is 11.8 Å². The van der Waals surface area contributed by atoms with Gasteiger partial charge in [-0.1, -0.05) is 48.5 Å². The number of aliphatic hydroxyl groups is 1. The topological polar surface area (TPSA) is 69.6 Å². The van der Waals surface area contributed by atoms with Gasteiger partial charge in [0.05, 0.1) is 12.6 Å². The Morgan fingerprint density at radius 2 is 1.89 bits per heavy atom. The van der Waals surface area contributed by atoms with Crippen molar-refractivity contribution in [2.24, 2.45) is 0 Å². The normalized spacial score (nSPS) is 15.2. The fraction of sp³-hybridized carbons (Fsp3) is 0.364. The van der Waals surface area contributed by atoms with Crippen molar-refractivity contribution in [3.63, 3.8) is 0 Å². The third-order valence-corrected chi connectivity index (χ3v) is 5.68. The molecule has 2 N–H and O–H groups in total. The lowest BCUT2D eigenvalue weighted by Gasteiger charge is -2.29. The average Bonchev–Trinajstić information content (AvgIpc) is 3.06. The molecule has 0 fully saturated rings. The van der Waals surface area contributed by atoms with Crippen LogP contribution in [0, 0.1) is 0 Å². The van der Waals surface area contributed by atoms with Crippen LogP contribution in [0.3, 0.4) is 0 Å². The molecule has 0 aromatic heterocycles. The summed E-state index contributed by atoms with van der Waals surface area (Å²) in [6.45, 7) is 0.313. The molecule has 0 saturated heterocycles. The number of hydrogen-bond donors (Lipinski definition) is 2. The van der Waals surface area contributed by atoms with Crippen molar-refractivity contribution in [2.45, 2.75) is 31.5 Å². The number of thioether (sulfide) groups is 1. The number of nitrogens with zero attached hydrogens (tertiary/aromatic N) is 1. The first-order valence-electron chi connectivity index (χ1n) is 9.47. The van der Waals surface area contributed by atoms with Crippen molar-refractivity contribution < 1.29 is 14.7 Å². The number of carbonyl (C=O) groups excluding carboxylic acids is 2. The van der Waals surface area contributed by atoms with E-state index in [0.29, 0.717) is 24.9 Å². The summed E-state index contributed by atoms with van der Waals surface area (Å²) in [5.41, 5.74) is 2.60. The third kappa shape index (κ3) is 4.75. The minimum atomic E-state index is -0.620. The zero-order valence-corrected chi connectivity index (χ0v) is 16.8. The average molecular weight is 399 g/mol. The van der Waals surface area contributed by atoms with Crippen LogP contribution in [-0.2, 0) is 17.8 Å². The quantitative estimate of drug-likeness (QED) is 0.681. The smallest absolute Gasteiger partial charge is 0.255 e. The summed E-state index contributed by atoms with van der Waals surface area (Å²) in [7, 11) is 0. The first-order chi connectivity index (χ1) is 13.6. The number of benzene rings is 2. The summed E-state index contributed by atoms with van der Waals surface area (Å²) in [6.07, 6.45) is 3.12. The van der Waals surface area contributed by atoms with Crippen LogP contribution in [0.5, 0.6) is 0 Å². The van der Waals surface area contributed by atoms with E-state index in [4.69, 9.17) is 0 Å². The van der Waals surface area contributed by atoms with Gasteiger partial charge in [0.2, 0.25) is 5.91 Å². The predicted molar refractivity (Wildman–Crippen MR) is 112 cm³/mol. The van der Waals surface area contributed by atoms with Gasteiger partial charge < -0.3 is 15.3 Å². The molecule has 3 rings (SSSR count). The maximum absolute atomic E-state index is 13.1. The number of carbonyl (C=O) groups is 2. The molecule has 6 heteroatoms. The minimum absolute atomic E-state index is 0.113. The molecule has 2 amide bonds. The third-order valence-electron chi connectivity index (χ3n) is 5.04. The van der Waals surface area contributed by atoms with Crippen molar-refractivity contribution in [2.75, 3.05) is 18.6 Å². The van der Waals surface area contributed by atoms with E-state index >= 15 is 0 Å². The molecule has 28 heavy (non-hydrogen) atoms. The molecule has 2 atom stereocenters. The van der Waals surface area contributed by atoms with Gasteiger partial charge in [0.1, 0.15) is 6.04 Å². The predicted octanol–water partition coefficient (Wildman–Crippen LogP) is 2.48. The molecule has 0 radical (unpaired) electrons. The van der Waals surface area contributed by atoms with Crippen LogP contribution < -0.4 is 5.32 Å². The lowest BCUT2D eigenvalue weighted by molar-refractivity contribution is -0.126. The lowest BCUT2D eigenvalue weighted by Crippen LogP contribution is -2.51. The summed E-state index contributed by atoms with van der Waals surface area (Å²) in [5.74, 6) is 0.518. The zero-order chi connectivity index (χ0) is 19.9. The molecular weight excluding hydrogens is 372 g/mol. The van der Waals surface area contributed by atoms with Gasteiger partial charge in [-0.05, 0) is 35.6 Å². The van der Waals surface area contributed by atoms with Gasteiger partial charge >= 0.3 is 0 Å². The van der Waals surface area contributed by atoms with E-state index < -0.39 is 6.04 Å². The number of amides is 2. The highest BCUT2D eigenvalue weighted by Gasteiger charge is 2.36. The summed E-state index contributed by atoms with van der Waals surface area (Å²) in [4.78, 5) is 27.7. The van der Waals surface area contributed by atoms with E-state index in [-0.39, 0.29) is 24.5 Å². The first kappa shape index (κ1) is 20.4. The highest BCUT2D eigenvalue weighted by molar-refractivity contribution is 7.98. The standard InChI is InChI=1S/C22H26N2O3S/c1-28-12-11-18(15-25)23-21(26)20(13-16-7-3-2-4-8-16)24-14-17-9-5-6-10-19(17)22(24)27/h2-10,18,20,25H,11-15H2,1H3,(H,23,26)/t18-,20+/m0/s1. The minimum Gasteiger partial charge on any atom is -0.394 e. The van der Waals surface area contributed by atoms with Crippen LogP contribution in [0.4, 0.5) is 0 Å². The summed E-state index contributed by atoms with van der Waals surface area (Å²) in [5, 5.41) is 12.6. The van der Waals surface area contributed by atoms with E-state index in [9.17, 15) is 14.7 Å². The second-order valence-corrected chi connectivity index (χ2v) is 7.95. The Balaban J connectivity index is 1.81. The Morgan fingerprint density at radius 3 is 2.57 bits per heavy atom. The van der Waals surface area contributed by atoms with Crippen molar-refractivity contribution in [1.82, 2.24) is 10.2 Å². The highest BCUT2D eigenvalue weighted by atomic mass is 32.2. The summed E-state index contributed by atoms with van der Waals surface area (Å²) >= 11 is 1.67. The number of aliphatic hydroxyl groups excluding tert-OH is 1. The largest absolute Gasteiger partial charge is 0.394 e. The van der Waals surface area contributed by atoms with Gasteiger partial charge in [-0.25, -0.2) is 0 Å². The molecule has 2 aromatic carbocycles. The molecule has 0 bridgehead atoms. The van der Waals surface area contributed by atoms with Crippen LogP contribution in [0.15, 0.2) is 54.6 Å². The maximum Gasteiger partial charge on any atom is 0.255 e. The van der Waals surface area contributed by atoms with Crippen molar-refractivity contribution in [3.8, 4) is 0 Å². The van der Waals surface area contributed by atoms with E-state index in [1.165, 1.54) is 0 Å². The van der Waals surface area contributed by atoms with Crippen molar-refractivity contribution in [3.05, 3.63) is 71.3 Å². The van der Waals surface area contributed by atoms with Crippen LogP contribution in [0.1, 0.15) is 27.9 Å². The van der Waals surface area contributed by atoms with E-state index in [0.717, 1.165) is 16.9 Å². The fourth-order valence-electron chi connectivity index (χ4n) is 3.48. The lowest BCUT2D eigenvalue weighted by atomic mass is 10.0. The molecule has 148 valence electrons. The van der Waals surface area contributed by atoms with Crippen LogP contribution in [0.2, 0.25) is 0 Å². The van der Waals surface area contributed by atoms with Crippen LogP contribution >= 0.6 is 11.8 Å². The molecule has 0 unspecified atom stereocenters. The van der Waals surface area contributed by atoms with Crippen molar-refractivity contribution in [1.29, 1.82) is 0 Å². The number of nitrogens with one attached hydrogen (secondary N) is 1. The monoisotopic (exact) mass is 398 g/mol. The van der Waals surface area contributed by atoms with E-state index in [1.54, 1.807) is 16.7 Å². The molecule has 0 spiro atoms. The zero-order valence-electron chi connectivity index (χ0n) is 16.0.